The van der Waals surface area contributed by atoms with Crippen LogP contribution < -0.4 is 5.56 Å². The minimum Gasteiger partial charge on any atom is -0.321 e. The molecule has 0 aliphatic rings. The Morgan fingerprint density at radius 2 is 1.07 bits per heavy atom. The molecular weight excluding hydrogens is 421 g/mol. The highest BCUT2D eigenvalue weighted by Crippen LogP contribution is 2.61. The van der Waals surface area contributed by atoms with Crippen molar-refractivity contribution in [3.8, 4) is 0 Å². The first kappa shape index (κ1) is 23.1. The zero-order valence-corrected chi connectivity index (χ0v) is 12.5. The number of H-pyrrole nitrogens is 1. The minimum absolute atomic E-state index is 0.0779. The van der Waals surface area contributed by atoms with Crippen molar-refractivity contribution < 1.29 is 57.1 Å². The van der Waals surface area contributed by atoms with Crippen LogP contribution in [0.2, 0.25) is 0 Å². The Morgan fingerprint density at radius 1 is 0.667 bits per heavy atom. The van der Waals surface area contributed by atoms with E-state index in [1.165, 1.54) is 0 Å². The molecule has 0 unspecified atom stereocenters. The topological polar surface area (TPSA) is 32.9 Å². The first-order chi connectivity index (χ1) is 11.6. The molecular formula is C12H6F13NO. The Bertz CT molecular complexity index is 761. The van der Waals surface area contributed by atoms with Gasteiger partial charge in [-0.15, -0.1) is 0 Å². The molecule has 1 aromatic heterocycles. The fourth-order valence-corrected chi connectivity index (χ4v) is 1.79. The maximum atomic E-state index is 13.7. The molecule has 0 spiro atoms. The van der Waals surface area contributed by atoms with E-state index in [1.54, 1.807) is 0 Å². The summed E-state index contributed by atoms with van der Waals surface area (Å²) in [6.45, 7) is 0.817. The lowest BCUT2D eigenvalue weighted by molar-refractivity contribution is -0.442. The average molecular weight is 427 g/mol. The normalized spacial score (nSPS) is 15.2. The highest BCUT2D eigenvalue weighted by Gasteiger charge is 2.91. The lowest BCUT2D eigenvalue weighted by Crippen LogP contribution is -2.69. The summed E-state index contributed by atoms with van der Waals surface area (Å²) >= 11 is 0. The maximum Gasteiger partial charge on any atom is 0.460 e. The second-order valence-corrected chi connectivity index (χ2v) is 5.31. The van der Waals surface area contributed by atoms with E-state index in [-0.39, 0.29) is 6.07 Å². The summed E-state index contributed by atoms with van der Waals surface area (Å²) in [5.74, 6) is -37.6. The molecule has 0 bridgehead atoms. The van der Waals surface area contributed by atoms with Crippen molar-refractivity contribution in [2.45, 2.75) is 42.7 Å². The van der Waals surface area contributed by atoms with Crippen LogP contribution in [0.1, 0.15) is 11.3 Å². The Labute approximate surface area is 140 Å². The molecule has 1 heterocycles. The van der Waals surface area contributed by atoms with Crippen LogP contribution in [0.25, 0.3) is 0 Å². The Kier molecular flexibility index (Phi) is 5.15. The largest absolute Gasteiger partial charge is 0.460 e. The van der Waals surface area contributed by atoms with E-state index in [9.17, 15) is 61.9 Å². The van der Waals surface area contributed by atoms with Crippen molar-refractivity contribution in [3.05, 3.63) is 33.7 Å². The lowest BCUT2D eigenvalue weighted by Gasteiger charge is -2.39. The molecule has 156 valence electrons. The number of alkyl halides is 13. The van der Waals surface area contributed by atoms with Gasteiger partial charge in [0, 0.05) is 6.07 Å². The number of rotatable bonds is 5. The molecule has 1 aromatic rings. The van der Waals surface area contributed by atoms with Gasteiger partial charge < -0.3 is 4.98 Å². The van der Waals surface area contributed by atoms with Gasteiger partial charge in [0.15, 0.2) is 0 Å². The smallest absolute Gasteiger partial charge is 0.321 e. The van der Waals surface area contributed by atoms with Crippen LogP contribution in [0, 0.1) is 6.92 Å². The van der Waals surface area contributed by atoms with Crippen LogP contribution in [-0.4, -0.2) is 34.9 Å². The Morgan fingerprint density at radius 3 is 1.44 bits per heavy atom. The van der Waals surface area contributed by atoms with Gasteiger partial charge in [-0.1, -0.05) is 0 Å². The summed E-state index contributed by atoms with van der Waals surface area (Å²) in [6.07, 6.45) is -7.47. The van der Waals surface area contributed by atoms with E-state index in [2.05, 4.69) is 0 Å². The van der Waals surface area contributed by atoms with Crippen LogP contribution >= 0.6 is 0 Å². The summed E-state index contributed by atoms with van der Waals surface area (Å²) < 4.78 is 168. The monoisotopic (exact) mass is 427 g/mol. The zero-order valence-electron chi connectivity index (χ0n) is 12.5. The Balaban J connectivity index is 3.65. The van der Waals surface area contributed by atoms with Crippen LogP contribution in [-0.2, 0) is 5.92 Å². The van der Waals surface area contributed by atoms with Gasteiger partial charge in [-0.05, 0) is 18.6 Å². The molecule has 27 heavy (non-hydrogen) atoms. The van der Waals surface area contributed by atoms with E-state index in [4.69, 9.17) is 0 Å². The molecule has 0 atom stereocenters. The Hall–Kier alpha value is -1.96. The highest BCUT2D eigenvalue weighted by molar-refractivity contribution is 5.23. The van der Waals surface area contributed by atoms with Gasteiger partial charge in [-0.3, -0.25) is 4.79 Å². The highest BCUT2D eigenvalue weighted by atomic mass is 19.4. The standard InChI is InChI=1S/C12H6F13NO/c1-4-2-5(26-6(27)3-4)7(13,14)8(15,16)9(17,18)10(19,20)11(21,22)12(23,24)25/h2-3H,1H3,(H,26,27). The average Bonchev–Trinajstić information content (AvgIpc) is 2.44. The first-order valence-corrected chi connectivity index (χ1v) is 6.32. The number of aryl methyl sites for hydroxylation is 1. The summed E-state index contributed by atoms with van der Waals surface area (Å²) in [7, 11) is 0. The summed E-state index contributed by atoms with van der Waals surface area (Å²) in [5, 5.41) is 0. The van der Waals surface area contributed by atoms with Gasteiger partial charge in [0.05, 0.1) is 5.69 Å². The van der Waals surface area contributed by atoms with E-state index in [0.717, 1.165) is 11.9 Å². The number of halogens is 13. The molecule has 0 aromatic carbocycles. The van der Waals surface area contributed by atoms with Crippen LogP contribution in [0.15, 0.2) is 16.9 Å². The summed E-state index contributed by atoms with van der Waals surface area (Å²) in [5.41, 5.74) is -4.54. The SMILES string of the molecule is Cc1cc(C(F)(F)C(F)(F)C(F)(F)C(F)(F)C(F)(F)C(F)(F)F)[nH]c(=O)c1. The van der Waals surface area contributed by atoms with Crippen molar-refractivity contribution in [1.29, 1.82) is 0 Å². The molecule has 0 radical (unpaired) electrons. The predicted molar refractivity (Wildman–Crippen MR) is 61.5 cm³/mol. The summed E-state index contributed by atoms with van der Waals surface area (Å²) in [4.78, 5) is 11.9. The van der Waals surface area contributed by atoms with Crippen molar-refractivity contribution in [2.75, 3.05) is 0 Å². The van der Waals surface area contributed by atoms with E-state index >= 15 is 0 Å². The molecule has 1 rings (SSSR count). The molecule has 0 fully saturated rings. The van der Waals surface area contributed by atoms with Crippen molar-refractivity contribution in [3.63, 3.8) is 0 Å². The van der Waals surface area contributed by atoms with Crippen LogP contribution in [0.4, 0.5) is 57.1 Å². The molecule has 0 aliphatic carbocycles. The molecule has 0 aliphatic heterocycles. The number of hydrogen-bond donors (Lipinski definition) is 1. The van der Waals surface area contributed by atoms with Gasteiger partial charge in [-0.2, -0.15) is 57.1 Å². The molecule has 0 amide bonds. The number of aromatic nitrogens is 1. The fraction of sp³-hybridized carbons (Fsp3) is 0.583. The number of nitrogens with one attached hydrogen (secondary N) is 1. The van der Waals surface area contributed by atoms with E-state index < -0.39 is 52.6 Å². The van der Waals surface area contributed by atoms with Gasteiger partial charge in [0.2, 0.25) is 5.56 Å². The zero-order chi connectivity index (χ0) is 21.9. The number of pyridine rings is 1. The van der Waals surface area contributed by atoms with E-state index in [1.807, 2.05) is 0 Å². The molecule has 0 saturated heterocycles. The van der Waals surface area contributed by atoms with Crippen molar-refractivity contribution in [1.82, 2.24) is 4.98 Å². The van der Waals surface area contributed by atoms with E-state index in [0.29, 0.717) is 6.07 Å². The lowest BCUT2D eigenvalue weighted by atomic mass is 9.92. The van der Waals surface area contributed by atoms with Crippen molar-refractivity contribution in [2.24, 2.45) is 0 Å². The summed E-state index contributed by atoms with van der Waals surface area (Å²) in [6, 6.07) is 0.410. The third-order valence-electron chi connectivity index (χ3n) is 3.26. The van der Waals surface area contributed by atoms with Gasteiger partial charge >= 0.3 is 35.8 Å². The third-order valence-corrected chi connectivity index (χ3v) is 3.26. The van der Waals surface area contributed by atoms with Gasteiger partial charge in [-0.25, -0.2) is 0 Å². The van der Waals surface area contributed by atoms with Crippen LogP contribution in [0.3, 0.4) is 0 Å². The maximum absolute atomic E-state index is 13.7. The van der Waals surface area contributed by atoms with Gasteiger partial charge in [0.1, 0.15) is 0 Å². The third kappa shape index (κ3) is 3.13. The fourth-order valence-electron chi connectivity index (χ4n) is 1.79. The first-order valence-electron chi connectivity index (χ1n) is 6.32. The predicted octanol–water partition coefficient (Wildman–Crippen LogP) is 4.88. The molecule has 1 N–H and O–H groups in total. The van der Waals surface area contributed by atoms with Crippen LogP contribution in [0.5, 0.6) is 0 Å². The second kappa shape index (κ2) is 6.02. The van der Waals surface area contributed by atoms with Crippen molar-refractivity contribution >= 4 is 0 Å². The number of hydrogen-bond acceptors (Lipinski definition) is 1. The second-order valence-electron chi connectivity index (χ2n) is 5.31. The quantitative estimate of drug-likeness (QED) is 0.668. The minimum atomic E-state index is -7.98. The molecule has 15 heteroatoms. The number of aromatic amines is 1. The molecule has 0 saturated carbocycles. The van der Waals surface area contributed by atoms with Gasteiger partial charge in [0.25, 0.3) is 0 Å². The molecule has 2 nitrogen and oxygen atoms in total.